The number of nitrogens with zero attached hydrogens (tertiary/aromatic N) is 1. The molecule has 2 aromatic rings. The van der Waals surface area contributed by atoms with E-state index in [0.717, 1.165) is 0 Å². The average molecular weight is 365 g/mol. The van der Waals surface area contributed by atoms with Crippen LogP contribution in [0.2, 0.25) is 0 Å². The van der Waals surface area contributed by atoms with Gasteiger partial charge in [0.25, 0.3) is 0 Å². The molecule has 0 aliphatic heterocycles. The van der Waals surface area contributed by atoms with E-state index in [2.05, 4.69) is 41.0 Å². The van der Waals surface area contributed by atoms with Crippen LogP contribution in [-0.2, 0) is 16.1 Å². The maximum Gasteiger partial charge on any atom is 0.234 e. The van der Waals surface area contributed by atoms with Gasteiger partial charge in [0.05, 0.1) is 17.0 Å². The molecule has 0 saturated carbocycles. The van der Waals surface area contributed by atoms with E-state index in [1.54, 1.807) is 29.3 Å². The smallest absolute Gasteiger partial charge is 0.234 e. The lowest BCUT2D eigenvalue weighted by Crippen LogP contribution is -2.48. The summed E-state index contributed by atoms with van der Waals surface area (Å²) in [5.74, 6) is 0.0129. The Kier molecular flexibility index (Phi) is 6.29. The van der Waals surface area contributed by atoms with Gasteiger partial charge in [-0.1, -0.05) is 11.2 Å². The lowest BCUT2D eigenvalue weighted by Gasteiger charge is -2.24. The van der Waals surface area contributed by atoms with E-state index >= 15 is 0 Å². The molecule has 24 heavy (non-hydrogen) atoms. The number of thiophene rings is 1. The van der Waals surface area contributed by atoms with Gasteiger partial charge in [-0.3, -0.25) is 4.79 Å². The number of amides is 1. The molecule has 6 heteroatoms. The monoisotopic (exact) mass is 364 g/mol. The molecule has 1 N–H and O–H groups in total. The largest absolute Gasteiger partial charge is 0.399 e. The van der Waals surface area contributed by atoms with Gasteiger partial charge in [-0.15, -0.1) is 11.3 Å². The first kappa shape index (κ1) is 18.8. The van der Waals surface area contributed by atoms with Gasteiger partial charge in [0.1, 0.15) is 7.11 Å². The number of nitrogens with one attached hydrogen (secondary N) is 1. The number of rotatable bonds is 7. The first-order valence-corrected chi connectivity index (χ1v) is 9.92. The highest BCUT2D eigenvalue weighted by molar-refractivity contribution is 7.99. The van der Waals surface area contributed by atoms with E-state index in [4.69, 9.17) is 4.84 Å². The Hall–Kier alpha value is -1.53. The summed E-state index contributed by atoms with van der Waals surface area (Å²) in [4.78, 5) is 17.3. The van der Waals surface area contributed by atoms with Crippen molar-refractivity contribution in [2.75, 3.05) is 13.4 Å². The van der Waals surface area contributed by atoms with Crippen LogP contribution < -0.4 is 5.32 Å². The predicted molar refractivity (Wildman–Crippen MR) is 105 cm³/mol. The van der Waals surface area contributed by atoms with Crippen molar-refractivity contribution in [3.05, 3.63) is 34.7 Å². The second-order valence-electron chi connectivity index (χ2n) is 6.30. The molecule has 1 amide bonds. The van der Waals surface area contributed by atoms with Crippen LogP contribution in [0.5, 0.6) is 0 Å². The van der Waals surface area contributed by atoms with Gasteiger partial charge in [0.15, 0.2) is 0 Å². The van der Waals surface area contributed by atoms with Crippen molar-refractivity contribution in [2.45, 2.75) is 38.0 Å². The van der Waals surface area contributed by atoms with Crippen molar-refractivity contribution >= 4 is 45.3 Å². The summed E-state index contributed by atoms with van der Waals surface area (Å²) in [7, 11) is 1.49. The van der Waals surface area contributed by atoms with Crippen molar-refractivity contribution in [3.63, 3.8) is 0 Å². The molecule has 4 nitrogen and oxygen atoms in total. The van der Waals surface area contributed by atoms with Crippen molar-refractivity contribution < 1.29 is 9.63 Å². The van der Waals surface area contributed by atoms with E-state index in [0.29, 0.717) is 6.42 Å². The molecule has 1 heterocycles. The SMILES string of the molecule is CO/N=C/C(C)(C)NC(=O)C(Cc1cc(C)c2ccsc2c1)SC. The number of benzene rings is 1. The summed E-state index contributed by atoms with van der Waals surface area (Å²) in [6, 6.07) is 6.53. The van der Waals surface area contributed by atoms with Gasteiger partial charge in [0, 0.05) is 4.70 Å². The molecule has 1 aromatic heterocycles. The topological polar surface area (TPSA) is 50.7 Å². The maximum atomic E-state index is 12.6. The number of fused-ring (bicyclic) bond motifs is 1. The van der Waals surface area contributed by atoms with Gasteiger partial charge < -0.3 is 10.2 Å². The molecule has 0 bridgehead atoms. The number of hydrogen-bond donors (Lipinski definition) is 1. The second kappa shape index (κ2) is 8.03. The number of aryl methyl sites for hydroxylation is 1. The Morgan fingerprint density at radius 1 is 1.50 bits per heavy atom. The molecular weight excluding hydrogens is 340 g/mol. The predicted octanol–water partition coefficient (Wildman–Crippen LogP) is 4.01. The van der Waals surface area contributed by atoms with Gasteiger partial charge in [0.2, 0.25) is 5.91 Å². The van der Waals surface area contributed by atoms with Crippen LogP contribution in [0.3, 0.4) is 0 Å². The zero-order chi connectivity index (χ0) is 17.7. The van der Waals surface area contributed by atoms with Crippen LogP contribution >= 0.6 is 23.1 Å². The molecule has 130 valence electrons. The highest BCUT2D eigenvalue weighted by Crippen LogP contribution is 2.27. The van der Waals surface area contributed by atoms with E-state index in [1.165, 1.54) is 28.3 Å². The average Bonchev–Trinajstić information content (AvgIpc) is 2.99. The van der Waals surface area contributed by atoms with Crippen molar-refractivity contribution in [1.29, 1.82) is 0 Å². The fraction of sp³-hybridized carbons (Fsp3) is 0.444. The first-order chi connectivity index (χ1) is 11.4. The summed E-state index contributed by atoms with van der Waals surface area (Å²) in [5.41, 5.74) is 1.91. The minimum Gasteiger partial charge on any atom is -0.399 e. The molecule has 0 aliphatic carbocycles. The second-order valence-corrected chi connectivity index (χ2v) is 8.29. The minimum atomic E-state index is -0.547. The Bertz CT molecular complexity index is 738. The third kappa shape index (κ3) is 4.74. The van der Waals surface area contributed by atoms with Gasteiger partial charge in [-0.05, 0) is 67.5 Å². The van der Waals surface area contributed by atoms with Crippen LogP contribution in [0.25, 0.3) is 10.1 Å². The van der Waals surface area contributed by atoms with Crippen LogP contribution in [0.15, 0.2) is 28.7 Å². The Labute approximate surface area is 151 Å². The van der Waals surface area contributed by atoms with Crippen molar-refractivity contribution in [2.24, 2.45) is 5.16 Å². The molecule has 0 saturated heterocycles. The molecular formula is C18H24N2O2S2. The van der Waals surface area contributed by atoms with E-state index < -0.39 is 5.54 Å². The number of thioether (sulfide) groups is 1. The van der Waals surface area contributed by atoms with Gasteiger partial charge in [-0.25, -0.2) is 0 Å². The number of hydrogen-bond acceptors (Lipinski definition) is 5. The highest BCUT2D eigenvalue weighted by Gasteiger charge is 2.25. The van der Waals surface area contributed by atoms with E-state index in [9.17, 15) is 4.79 Å². The fourth-order valence-electron chi connectivity index (χ4n) is 2.55. The first-order valence-electron chi connectivity index (χ1n) is 7.75. The molecule has 0 fully saturated rings. The van der Waals surface area contributed by atoms with Crippen LogP contribution in [0.1, 0.15) is 25.0 Å². The summed E-state index contributed by atoms with van der Waals surface area (Å²) < 4.78 is 1.28. The number of carbonyl (C=O) groups is 1. The summed E-state index contributed by atoms with van der Waals surface area (Å²) >= 11 is 3.31. The van der Waals surface area contributed by atoms with Crippen LogP contribution in [-0.4, -0.2) is 36.3 Å². The minimum absolute atomic E-state index is 0.0129. The quantitative estimate of drug-likeness (QED) is 0.596. The number of carbonyl (C=O) groups excluding carboxylic acids is 1. The molecule has 0 spiro atoms. The van der Waals surface area contributed by atoms with Crippen molar-refractivity contribution in [3.8, 4) is 0 Å². The van der Waals surface area contributed by atoms with Crippen LogP contribution in [0.4, 0.5) is 0 Å². The van der Waals surface area contributed by atoms with Gasteiger partial charge in [-0.2, -0.15) is 11.8 Å². The fourth-order valence-corrected chi connectivity index (χ4v) is 4.11. The standard InChI is InChI=1S/C18H24N2O2S2/c1-12-8-13(9-15-14(12)6-7-24-15)10-16(23-5)17(21)20-18(2,3)11-19-22-4/h6-9,11,16H,10H2,1-5H3,(H,20,21)/b19-11+. The third-order valence-electron chi connectivity index (χ3n) is 3.76. The lowest BCUT2D eigenvalue weighted by molar-refractivity contribution is -0.121. The third-order valence-corrected chi connectivity index (χ3v) is 5.58. The molecule has 0 aliphatic rings. The summed E-state index contributed by atoms with van der Waals surface area (Å²) in [5, 5.41) is 10.0. The molecule has 1 atom stereocenters. The Morgan fingerprint density at radius 3 is 2.92 bits per heavy atom. The zero-order valence-electron chi connectivity index (χ0n) is 14.8. The van der Waals surface area contributed by atoms with Crippen LogP contribution in [0, 0.1) is 6.92 Å². The van der Waals surface area contributed by atoms with E-state index in [1.807, 2.05) is 20.1 Å². The molecule has 2 rings (SSSR count). The molecule has 1 unspecified atom stereocenters. The molecule has 0 radical (unpaired) electrons. The van der Waals surface area contributed by atoms with Crippen molar-refractivity contribution in [1.82, 2.24) is 5.32 Å². The normalized spacial score (nSPS) is 13.4. The summed E-state index contributed by atoms with van der Waals surface area (Å²) in [6.07, 6.45) is 4.28. The highest BCUT2D eigenvalue weighted by atomic mass is 32.2. The zero-order valence-corrected chi connectivity index (χ0v) is 16.4. The molecule has 1 aromatic carbocycles. The Morgan fingerprint density at radius 2 is 2.25 bits per heavy atom. The van der Waals surface area contributed by atoms with Gasteiger partial charge >= 0.3 is 0 Å². The Balaban J connectivity index is 2.12. The van der Waals surface area contributed by atoms with E-state index in [-0.39, 0.29) is 11.2 Å². The lowest BCUT2D eigenvalue weighted by atomic mass is 10.0. The number of oxime groups is 1. The summed E-state index contributed by atoms with van der Waals surface area (Å²) in [6.45, 7) is 5.91. The maximum absolute atomic E-state index is 12.6.